The molecule has 1 amide bonds. The van der Waals surface area contributed by atoms with Crippen molar-refractivity contribution in [2.75, 3.05) is 32.8 Å². The monoisotopic (exact) mass is 340 g/mol. The van der Waals surface area contributed by atoms with Gasteiger partial charge in [-0.15, -0.1) is 0 Å². The number of aliphatic hydroxyl groups is 1. The topological polar surface area (TPSA) is 43.8 Å². The molecule has 1 aromatic carbocycles. The zero-order chi connectivity index (χ0) is 16.6. The van der Waals surface area contributed by atoms with E-state index in [9.17, 15) is 14.3 Å². The van der Waals surface area contributed by atoms with E-state index in [2.05, 4.69) is 4.90 Å². The van der Waals surface area contributed by atoms with Gasteiger partial charge in [0.1, 0.15) is 5.82 Å². The number of benzene rings is 1. The minimum atomic E-state index is -0.297. The van der Waals surface area contributed by atoms with Crippen LogP contribution in [-0.2, 0) is 11.3 Å². The van der Waals surface area contributed by atoms with E-state index in [4.69, 9.17) is 11.6 Å². The van der Waals surface area contributed by atoms with Crippen LogP contribution in [0.4, 0.5) is 4.39 Å². The van der Waals surface area contributed by atoms with E-state index in [1.165, 1.54) is 6.07 Å². The molecule has 4 nitrogen and oxygen atoms in total. The maximum absolute atomic E-state index is 14.0. The van der Waals surface area contributed by atoms with Crippen molar-refractivity contribution in [2.45, 2.75) is 19.9 Å². The van der Waals surface area contributed by atoms with Gasteiger partial charge in [0, 0.05) is 49.1 Å². The molecule has 2 unspecified atom stereocenters. The Hall–Kier alpha value is -1.17. The molecule has 23 heavy (non-hydrogen) atoms. The number of aliphatic hydroxyl groups excluding tert-OH is 1. The maximum Gasteiger partial charge on any atom is 0.219 e. The second-order valence-corrected chi connectivity index (χ2v) is 7.29. The van der Waals surface area contributed by atoms with Crippen LogP contribution < -0.4 is 0 Å². The molecule has 2 aliphatic rings. The number of likely N-dealkylation sites (tertiary alicyclic amines) is 2. The summed E-state index contributed by atoms with van der Waals surface area (Å²) in [6.45, 7) is 4.96. The van der Waals surface area contributed by atoms with Gasteiger partial charge >= 0.3 is 0 Å². The van der Waals surface area contributed by atoms with Crippen molar-refractivity contribution in [3.05, 3.63) is 34.6 Å². The first-order valence-electron chi connectivity index (χ1n) is 7.96. The van der Waals surface area contributed by atoms with Gasteiger partial charge in [-0.1, -0.05) is 17.7 Å². The van der Waals surface area contributed by atoms with Gasteiger partial charge in [0.25, 0.3) is 0 Å². The molecule has 2 heterocycles. The van der Waals surface area contributed by atoms with Crippen molar-refractivity contribution in [1.29, 1.82) is 0 Å². The Morgan fingerprint density at radius 1 is 1.48 bits per heavy atom. The molecule has 2 aliphatic heterocycles. The fourth-order valence-corrected chi connectivity index (χ4v) is 4.13. The van der Waals surface area contributed by atoms with Gasteiger partial charge < -0.3 is 10.0 Å². The Morgan fingerprint density at radius 3 is 2.91 bits per heavy atom. The Balaban J connectivity index is 1.73. The van der Waals surface area contributed by atoms with Gasteiger partial charge in [0.2, 0.25) is 5.91 Å². The number of hydrogen-bond donors (Lipinski definition) is 1. The number of rotatable bonds is 3. The molecule has 1 N–H and O–H groups in total. The smallest absolute Gasteiger partial charge is 0.219 e. The highest BCUT2D eigenvalue weighted by Crippen LogP contribution is 2.42. The van der Waals surface area contributed by atoms with E-state index in [1.54, 1.807) is 19.1 Å². The average molecular weight is 341 g/mol. The average Bonchev–Trinajstić information content (AvgIpc) is 2.90. The van der Waals surface area contributed by atoms with Crippen molar-refractivity contribution in [2.24, 2.45) is 11.3 Å². The lowest BCUT2D eigenvalue weighted by Crippen LogP contribution is -2.50. The highest BCUT2D eigenvalue weighted by Gasteiger charge is 2.49. The quantitative estimate of drug-likeness (QED) is 0.917. The minimum absolute atomic E-state index is 0.0566. The third-order valence-electron chi connectivity index (χ3n) is 5.31. The number of hydrogen-bond acceptors (Lipinski definition) is 3. The number of carbonyl (C=O) groups is 1. The van der Waals surface area contributed by atoms with Crippen LogP contribution in [0.2, 0.25) is 5.02 Å². The molecule has 0 aliphatic carbocycles. The Morgan fingerprint density at radius 2 is 2.26 bits per heavy atom. The number of nitrogens with zero attached hydrogens (tertiary/aromatic N) is 2. The molecule has 6 heteroatoms. The predicted octanol–water partition coefficient (Wildman–Crippen LogP) is 2.14. The van der Waals surface area contributed by atoms with E-state index in [0.29, 0.717) is 36.1 Å². The van der Waals surface area contributed by atoms with E-state index < -0.39 is 0 Å². The number of fused-ring (bicyclic) bond motifs is 1. The molecule has 1 aromatic rings. The largest absolute Gasteiger partial charge is 0.396 e. The van der Waals surface area contributed by atoms with Crippen LogP contribution in [0.15, 0.2) is 18.2 Å². The number of piperidine rings is 1. The lowest BCUT2D eigenvalue weighted by Gasteiger charge is -2.43. The first-order chi connectivity index (χ1) is 10.9. The summed E-state index contributed by atoms with van der Waals surface area (Å²) in [7, 11) is 0. The Labute approximate surface area is 140 Å². The molecule has 3 rings (SSSR count). The first-order valence-corrected chi connectivity index (χ1v) is 8.34. The fraction of sp³-hybridized carbons (Fsp3) is 0.588. The summed E-state index contributed by atoms with van der Waals surface area (Å²) in [5.41, 5.74) is 0.328. The molecule has 0 spiro atoms. The number of carbonyl (C=O) groups excluding carboxylic acids is 1. The van der Waals surface area contributed by atoms with Crippen LogP contribution in [0.25, 0.3) is 0 Å². The molecule has 126 valence electrons. The third kappa shape index (κ3) is 3.23. The normalized spacial score (nSPS) is 28.0. The minimum Gasteiger partial charge on any atom is -0.396 e. The maximum atomic E-state index is 14.0. The summed E-state index contributed by atoms with van der Waals surface area (Å²) >= 11 is 5.80. The molecule has 0 bridgehead atoms. The summed E-state index contributed by atoms with van der Waals surface area (Å²) in [6, 6.07) is 4.74. The van der Waals surface area contributed by atoms with Crippen molar-refractivity contribution in [1.82, 2.24) is 9.80 Å². The summed E-state index contributed by atoms with van der Waals surface area (Å²) in [6.07, 6.45) is 0.916. The molecule has 0 radical (unpaired) electrons. The van der Waals surface area contributed by atoms with E-state index >= 15 is 0 Å². The first kappa shape index (κ1) is 16.7. The van der Waals surface area contributed by atoms with Crippen molar-refractivity contribution < 1.29 is 14.3 Å². The molecule has 2 fully saturated rings. The summed E-state index contributed by atoms with van der Waals surface area (Å²) in [5.74, 6) is 0.0830. The van der Waals surface area contributed by atoms with Gasteiger partial charge in [-0.2, -0.15) is 0 Å². The SMILES string of the molecule is CC(=O)N1CC2CCN(Cc3ccc(Cl)cc3F)CC2(CO)C1. The van der Waals surface area contributed by atoms with Crippen LogP contribution in [0.3, 0.4) is 0 Å². The Bertz CT molecular complexity index is 612. The highest BCUT2D eigenvalue weighted by molar-refractivity contribution is 6.30. The lowest BCUT2D eigenvalue weighted by molar-refractivity contribution is -0.128. The predicted molar refractivity (Wildman–Crippen MR) is 86.6 cm³/mol. The molecule has 0 saturated carbocycles. The lowest BCUT2D eigenvalue weighted by atomic mass is 9.74. The van der Waals surface area contributed by atoms with Crippen LogP contribution >= 0.6 is 11.6 Å². The van der Waals surface area contributed by atoms with Gasteiger partial charge in [-0.3, -0.25) is 9.69 Å². The van der Waals surface area contributed by atoms with E-state index in [-0.39, 0.29) is 23.7 Å². The second-order valence-electron chi connectivity index (χ2n) is 6.85. The van der Waals surface area contributed by atoms with Gasteiger partial charge in [0.05, 0.1) is 6.61 Å². The van der Waals surface area contributed by atoms with Gasteiger partial charge in [-0.05, 0) is 31.0 Å². The summed E-state index contributed by atoms with van der Waals surface area (Å²) in [4.78, 5) is 15.7. The molecular formula is C17H22ClFN2O2. The molecule has 2 saturated heterocycles. The van der Waals surface area contributed by atoms with Crippen LogP contribution in [0.1, 0.15) is 18.9 Å². The van der Waals surface area contributed by atoms with Crippen LogP contribution in [0.5, 0.6) is 0 Å². The zero-order valence-electron chi connectivity index (χ0n) is 13.3. The summed E-state index contributed by atoms with van der Waals surface area (Å²) < 4.78 is 14.0. The van der Waals surface area contributed by atoms with Crippen molar-refractivity contribution in [3.8, 4) is 0 Å². The fourth-order valence-electron chi connectivity index (χ4n) is 3.97. The van der Waals surface area contributed by atoms with E-state index in [0.717, 1.165) is 19.5 Å². The van der Waals surface area contributed by atoms with Crippen LogP contribution in [0, 0.1) is 17.2 Å². The molecular weight excluding hydrogens is 319 g/mol. The van der Waals surface area contributed by atoms with Crippen LogP contribution in [-0.4, -0.2) is 53.6 Å². The molecule has 0 aromatic heterocycles. The number of halogens is 2. The second kappa shape index (κ2) is 6.38. The standard InChI is InChI=1S/C17H22ClFN2O2/c1-12(23)21-8-14-4-5-20(9-17(14,10-21)11-22)7-13-2-3-15(18)6-16(13)19/h2-3,6,14,22H,4-5,7-11H2,1H3. The van der Waals surface area contributed by atoms with E-state index in [1.807, 2.05) is 4.90 Å². The van der Waals surface area contributed by atoms with Crippen molar-refractivity contribution >= 4 is 17.5 Å². The zero-order valence-corrected chi connectivity index (χ0v) is 14.0. The van der Waals surface area contributed by atoms with Crippen molar-refractivity contribution in [3.63, 3.8) is 0 Å². The summed E-state index contributed by atoms with van der Waals surface area (Å²) in [5, 5.41) is 10.4. The molecule has 2 atom stereocenters. The third-order valence-corrected chi connectivity index (χ3v) is 5.55. The highest BCUT2D eigenvalue weighted by atomic mass is 35.5. The number of amides is 1. The van der Waals surface area contributed by atoms with Gasteiger partial charge in [0.15, 0.2) is 0 Å². The van der Waals surface area contributed by atoms with Gasteiger partial charge in [-0.25, -0.2) is 4.39 Å². The Kier molecular flexibility index (Phi) is 4.63.